The van der Waals surface area contributed by atoms with Crippen molar-refractivity contribution in [2.24, 2.45) is 0 Å². The molecule has 0 heterocycles. The predicted molar refractivity (Wildman–Crippen MR) is 166 cm³/mol. The molecule has 4 aromatic carbocycles. The summed E-state index contributed by atoms with van der Waals surface area (Å²) in [6.07, 6.45) is 0.740. The maximum absolute atomic E-state index is 15.0. The SMILES string of the molecule is CC[C@H](C)NC(=O)[C@@H](Cc1ccccc1)N(Cc1ccccc1F)C(=O)CN(c1ccc(F)cc1)S(=O)(=O)c1ccccc1. The molecule has 2 amide bonds. The molecular formula is C34H35F2N3O4S. The largest absolute Gasteiger partial charge is 0.352 e. The fraction of sp³-hybridized carbons (Fsp3) is 0.235. The number of carbonyl (C=O) groups is 2. The van der Waals surface area contributed by atoms with E-state index in [2.05, 4.69) is 5.32 Å². The van der Waals surface area contributed by atoms with Gasteiger partial charge in [-0.25, -0.2) is 17.2 Å². The molecule has 0 aliphatic rings. The standard InChI is InChI=1S/C34H35F2N3O4S/c1-3-25(2)37-34(41)32(22-26-12-6-4-7-13-26)38(23-27-14-10-11-17-31(27)36)33(40)24-39(29-20-18-28(35)19-21-29)44(42,43)30-15-8-5-9-16-30/h4-21,25,32H,3,22-24H2,1-2H3,(H,37,41)/t25-,32+/m0/s1. The van der Waals surface area contributed by atoms with Gasteiger partial charge in [0.25, 0.3) is 10.0 Å². The summed E-state index contributed by atoms with van der Waals surface area (Å²) in [7, 11) is -4.32. The molecule has 10 heteroatoms. The van der Waals surface area contributed by atoms with E-state index >= 15 is 0 Å². The van der Waals surface area contributed by atoms with Crippen molar-refractivity contribution in [3.8, 4) is 0 Å². The summed E-state index contributed by atoms with van der Waals surface area (Å²) in [5.74, 6) is -2.34. The van der Waals surface area contributed by atoms with Crippen molar-refractivity contribution in [1.82, 2.24) is 10.2 Å². The van der Waals surface area contributed by atoms with Crippen LogP contribution in [0.1, 0.15) is 31.4 Å². The number of hydrogen-bond acceptors (Lipinski definition) is 4. The van der Waals surface area contributed by atoms with Crippen molar-refractivity contribution in [1.29, 1.82) is 0 Å². The molecule has 1 N–H and O–H groups in total. The van der Waals surface area contributed by atoms with Crippen molar-refractivity contribution in [3.05, 3.63) is 132 Å². The first-order valence-electron chi connectivity index (χ1n) is 14.3. The molecule has 7 nitrogen and oxygen atoms in total. The number of hydrogen-bond donors (Lipinski definition) is 1. The number of carbonyl (C=O) groups excluding carboxylic acids is 2. The third-order valence-electron chi connectivity index (χ3n) is 7.30. The molecule has 0 aromatic heterocycles. The lowest BCUT2D eigenvalue weighted by molar-refractivity contribution is -0.140. The molecule has 4 rings (SSSR count). The van der Waals surface area contributed by atoms with Gasteiger partial charge in [-0.3, -0.25) is 13.9 Å². The minimum atomic E-state index is -4.32. The number of amides is 2. The van der Waals surface area contributed by atoms with E-state index in [0.29, 0.717) is 6.42 Å². The van der Waals surface area contributed by atoms with Crippen LogP contribution in [0.2, 0.25) is 0 Å². The summed E-state index contributed by atoms with van der Waals surface area (Å²) < 4.78 is 57.5. The van der Waals surface area contributed by atoms with Gasteiger partial charge in [-0.2, -0.15) is 0 Å². The van der Waals surface area contributed by atoms with Gasteiger partial charge < -0.3 is 10.2 Å². The second kappa shape index (κ2) is 14.7. The van der Waals surface area contributed by atoms with Crippen LogP contribution in [0.5, 0.6) is 0 Å². The molecule has 0 bridgehead atoms. The molecule has 0 aliphatic carbocycles. The highest BCUT2D eigenvalue weighted by molar-refractivity contribution is 7.92. The van der Waals surface area contributed by atoms with Crippen molar-refractivity contribution >= 4 is 27.5 Å². The Balaban J connectivity index is 1.80. The number of nitrogens with one attached hydrogen (secondary N) is 1. The fourth-order valence-corrected chi connectivity index (χ4v) is 6.10. The van der Waals surface area contributed by atoms with E-state index in [1.165, 1.54) is 47.4 Å². The van der Waals surface area contributed by atoms with Gasteiger partial charge in [-0.1, -0.05) is 73.7 Å². The first-order valence-corrected chi connectivity index (χ1v) is 15.7. The highest BCUT2D eigenvalue weighted by atomic mass is 32.2. The van der Waals surface area contributed by atoms with Gasteiger partial charge in [0, 0.05) is 24.6 Å². The summed E-state index contributed by atoms with van der Waals surface area (Å²) in [5.41, 5.74) is 0.975. The maximum Gasteiger partial charge on any atom is 0.264 e. The van der Waals surface area contributed by atoms with Crippen LogP contribution < -0.4 is 9.62 Å². The molecule has 0 unspecified atom stereocenters. The van der Waals surface area contributed by atoms with Gasteiger partial charge in [-0.05, 0) is 61.4 Å². The van der Waals surface area contributed by atoms with E-state index in [-0.39, 0.29) is 35.2 Å². The van der Waals surface area contributed by atoms with Gasteiger partial charge in [0.15, 0.2) is 0 Å². The molecule has 0 saturated carbocycles. The Labute approximate surface area is 257 Å². The van der Waals surface area contributed by atoms with Crippen LogP contribution in [0.15, 0.2) is 114 Å². The fourth-order valence-electron chi connectivity index (χ4n) is 4.66. The number of halogens is 2. The van der Waals surface area contributed by atoms with Crippen molar-refractivity contribution in [3.63, 3.8) is 0 Å². The Morgan fingerprint density at radius 1 is 0.818 bits per heavy atom. The molecule has 0 fully saturated rings. The van der Waals surface area contributed by atoms with Gasteiger partial charge in [0.2, 0.25) is 11.8 Å². The van der Waals surface area contributed by atoms with E-state index in [0.717, 1.165) is 22.0 Å². The lowest BCUT2D eigenvalue weighted by Crippen LogP contribution is -2.54. The highest BCUT2D eigenvalue weighted by Crippen LogP contribution is 2.25. The smallest absolute Gasteiger partial charge is 0.264 e. The average Bonchev–Trinajstić information content (AvgIpc) is 3.03. The average molecular weight is 620 g/mol. The monoisotopic (exact) mass is 619 g/mol. The summed E-state index contributed by atoms with van der Waals surface area (Å²) in [4.78, 5) is 29.2. The summed E-state index contributed by atoms with van der Waals surface area (Å²) in [6.45, 7) is 2.73. The molecule has 0 spiro atoms. The van der Waals surface area contributed by atoms with Gasteiger partial charge in [-0.15, -0.1) is 0 Å². The van der Waals surface area contributed by atoms with Crippen LogP contribution in [-0.4, -0.2) is 43.8 Å². The molecule has 0 saturated heterocycles. The molecule has 2 atom stereocenters. The second-order valence-electron chi connectivity index (χ2n) is 10.4. The van der Waals surface area contributed by atoms with Crippen molar-refractivity contribution in [2.75, 3.05) is 10.8 Å². The summed E-state index contributed by atoms with van der Waals surface area (Å²) in [6, 6.07) is 26.0. The van der Waals surface area contributed by atoms with E-state index in [1.807, 2.05) is 44.2 Å². The lowest BCUT2D eigenvalue weighted by Gasteiger charge is -2.34. The molecule has 0 aliphatic heterocycles. The maximum atomic E-state index is 15.0. The quantitative estimate of drug-likeness (QED) is 0.208. The number of benzene rings is 4. The Hall–Kier alpha value is -4.57. The van der Waals surface area contributed by atoms with E-state index in [9.17, 15) is 26.8 Å². The zero-order valence-electron chi connectivity index (χ0n) is 24.6. The first kappa shape index (κ1) is 32.3. The van der Waals surface area contributed by atoms with Crippen LogP contribution in [-0.2, 0) is 32.6 Å². The van der Waals surface area contributed by atoms with E-state index < -0.39 is 46.1 Å². The Bertz CT molecular complexity index is 1650. The number of nitrogens with zero attached hydrogens (tertiary/aromatic N) is 2. The van der Waals surface area contributed by atoms with Gasteiger partial charge >= 0.3 is 0 Å². The molecule has 4 aromatic rings. The van der Waals surface area contributed by atoms with Crippen LogP contribution in [0.3, 0.4) is 0 Å². The van der Waals surface area contributed by atoms with Crippen LogP contribution >= 0.6 is 0 Å². The third kappa shape index (κ3) is 8.08. The molecule has 0 radical (unpaired) electrons. The van der Waals surface area contributed by atoms with Gasteiger partial charge in [0.1, 0.15) is 24.2 Å². The van der Waals surface area contributed by atoms with Crippen molar-refractivity contribution < 1.29 is 26.8 Å². The second-order valence-corrected chi connectivity index (χ2v) is 12.3. The lowest BCUT2D eigenvalue weighted by atomic mass is 10.0. The number of sulfonamides is 1. The minimum Gasteiger partial charge on any atom is -0.352 e. The topological polar surface area (TPSA) is 86.8 Å². The van der Waals surface area contributed by atoms with Crippen LogP contribution in [0.4, 0.5) is 14.5 Å². The number of rotatable bonds is 13. The van der Waals surface area contributed by atoms with Crippen molar-refractivity contribution in [2.45, 2.75) is 50.2 Å². The zero-order valence-corrected chi connectivity index (χ0v) is 25.4. The Morgan fingerprint density at radius 3 is 2.02 bits per heavy atom. The third-order valence-corrected chi connectivity index (χ3v) is 9.08. The molecule has 44 heavy (non-hydrogen) atoms. The summed E-state index contributed by atoms with van der Waals surface area (Å²) in [5, 5.41) is 2.93. The van der Waals surface area contributed by atoms with E-state index in [1.54, 1.807) is 24.3 Å². The van der Waals surface area contributed by atoms with Gasteiger partial charge in [0.05, 0.1) is 10.6 Å². The summed E-state index contributed by atoms with van der Waals surface area (Å²) >= 11 is 0. The zero-order chi connectivity index (χ0) is 31.7. The number of anilines is 1. The highest BCUT2D eigenvalue weighted by Gasteiger charge is 2.35. The van der Waals surface area contributed by atoms with Crippen LogP contribution in [0, 0.1) is 11.6 Å². The normalized spacial score (nSPS) is 12.6. The first-order chi connectivity index (χ1) is 21.1. The van der Waals surface area contributed by atoms with Crippen LogP contribution in [0.25, 0.3) is 0 Å². The minimum absolute atomic E-state index is 0.0538. The molecular weight excluding hydrogens is 584 g/mol. The van der Waals surface area contributed by atoms with E-state index in [4.69, 9.17) is 0 Å². The Kier molecular flexibility index (Phi) is 10.8. The molecule has 230 valence electrons. The Morgan fingerprint density at radius 2 is 1.41 bits per heavy atom. The predicted octanol–water partition coefficient (Wildman–Crippen LogP) is 5.71.